The number of anilines is 1. The number of likely N-dealkylation sites (tertiary alicyclic amines) is 1. The van der Waals surface area contributed by atoms with Crippen LogP contribution in [-0.4, -0.2) is 41.0 Å². The van der Waals surface area contributed by atoms with E-state index < -0.39 is 0 Å². The Bertz CT molecular complexity index is 1020. The van der Waals surface area contributed by atoms with Crippen molar-refractivity contribution in [2.24, 2.45) is 0 Å². The number of carbonyl (C=O) groups is 1. The second-order valence-corrected chi connectivity index (χ2v) is 8.50. The fourth-order valence-corrected chi connectivity index (χ4v) is 4.15. The van der Waals surface area contributed by atoms with Crippen LogP contribution < -0.4 is 11.1 Å². The number of nitrogens with zero attached hydrogens (tertiary/aromatic N) is 2. The van der Waals surface area contributed by atoms with Gasteiger partial charge < -0.3 is 16.0 Å². The van der Waals surface area contributed by atoms with Gasteiger partial charge in [0.15, 0.2) is 0 Å². The van der Waals surface area contributed by atoms with Crippen molar-refractivity contribution in [2.45, 2.75) is 32.2 Å². The van der Waals surface area contributed by atoms with E-state index in [0.717, 1.165) is 41.7 Å². The van der Waals surface area contributed by atoms with E-state index in [1.165, 1.54) is 12.8 Å². The zero-order valence-corrected chi connectivity index (χ0v) is 17.1. The number of nitrogen functional groups attached to an aromatic ring is 1. The summed E-state index contributed by atoms with van der Waals surface area (Å²) in [5.41, 5.74) is 10.1. The average molecular weight is 389 g/mol. The molecule has 1 aliphatic rings. The number of nitrogens with one attached hydrogen (secondary N) is 1. The highest BCUT2D eigenvalue weighted by atomic mass is 16.1. The summed E-state index contributed by atoms with van der Waals surface area (Å²) >= 11 is 0. The van der Waals surface area contributed by atoms with E-state index in [4.69, 9.17) is 5.73 Å². The lowest BCUT2D eigenvalue weighted by Gasteiger charge is -2.31. The monoisotopic (exact) mass is 388 g/mol. The Morgan fingerprint density at radius 1 is 1.10 bits per heavy atom. The van der Waals surface area contributed by atoms with Gasteiger partial charge in [-0.25, -0.2) is 0 Å². The molecule has 0 bridgehead atoms. The fourth-order valence-electron chi connectivity index (χ4n) is 4.15. The van der Waals surface area contributed by atoms with E-state index in [2.05, 4.69) is 29.0 Å². The van der Waals surface area contributed by atoms with Crippen molar-refractivity contribution in [2.75, 3.05) is 25.4 Å². The van der Waals surface area contributed by atoms with E-state index in [9.17, 15) is 4.79 Å². The van der Waals surface area contributed by atoms with E-state index in [-0.39, 0.29) is 11.4 Å². The maximum Gasteiger partial charge on any atom is 0.251 e. The summed E-state index contributed by atoms with van der Waals surface area (Å²) in [5.74, 6) is -0.0407. The maximum atomic E-state index is 12.8. The molecule has 4 rings (SSSR count). The third kappa shape index (κ3) is 4.25. The van der Waals surface area contributed by atoms with Gasteiger partial charge in [0.1, 0.15) is 0 Å². The number of amides is 1. The molecule has 3 aromatic rings. The van der Waals surface area contributed by atoms with Gasteiger partial charge in [0.25, 0.3) is 5.91 Å². The molecule has 1 aromatic heterocycles. The van der Waals surface area contributed by atoms with E-state index in [1.54, 1.807) is 6.20 Å². The lowest BCUT2D eigenvalue weighted by atomic mass is 9.99. The topological polar surface area (TPSA) is 71.2 Å². The molecular formula is C24H28N4O. The number of nitrogens with two attached hydrogens (primary N) is 1. The third-order valence-corrected chi connectivity index (χ3v) is 5.53. The molecule has 29 heavy (non-hydrogen) atoms. The van der Waals surface area contributed by atoms with Gasteiger partial charge in [-0.05, 0) is 63.5 Å². The Kier molecular flexibility index (Phi) is 5.24. The molecule has 1 saturated heterocycles. The number of fused-ring (bicyclic) bond motifs is 1. The molecule has 3 N–H and O–H groups in total. The van der Waals surface area contributed by atoms with Crippen molar-refractivity contribution >= 4 is 22.5 Å². The largest absolute Gasteiger partial charge is 0.398 e. The third-order valence-electron chi connectivity index (χ3n) is 5.53. The SMILES string of the molecule is CC(C)(CN1CCCC1)NC(=O)c1ccc(-c2cccc3c(N)ccnc23)cc1. The molecule has 0 radical (unpaired) electrons. The smallest absolute Gasteiger partial charge is 0.251 e. The van der Waals surface area contributed by atoms with Gasteiger partial charge in [-0.2, -0.15) is 0 Å². The number of pyridine rings is 1. The van der Waals surface area contributed by atoms with Crippen LogP contribution in [0.4, 0.5) is 5.69 Å². The number of hydrogen-bond donors (Lipinski definition) is 2. The predicted octanol–water partition coefficient (Wildman–Crippen LogP) is 4.09. The van der Waals surface area contributed by atoms with E-state index in [0.29, 0.717) is 11.3 Å². The summed E-state index contributed by atoms with van der Waals surface area (Å²) in [4.78, 5) is 19.7. The van der Waals surface area contributed by atoms with Crippen LogP contribution >= 0.6 is 0 Å². The van der Waals surface area contributed by atoms with Gasteiger partial charge in [-0.15, -0.1) is 0 Å². The lowest BCUT2D eigenvalue weighted by molar-refractivity contribution is 0.0894. The maximum absolute atomic E-state index is 12.8. The Hall–Kier alpha value is -2.92. The lowest BCUT2D eigenvalue weighted by Crippen LogP contribution is -2.50. The number of rotatable bonds is 5. The molecular weight excluding hydrogens is 360 g/mol. The molecule has 150 valence electrons. The number of hydrogen-bond acceptors (Lipinski definition) is 4. The van der Waals surface area contributed by atoms with Crippen molar-refractivity contribution in [3.05, 3.63) is 60.3 Å². The first-order chi connectivity index (χ1) is 13.9. The van der Waals surface area contributed by atoms with Crippen molar-refractivity contribution < 1.29 is 4.79 Å². The summed E-state index contributed by atoms with van der Waals surface area (Å²) in [7, 11) is 0. The van der Waals surface area contributed by atoms with Crippen molar-refractivity contribution in [1.29, 1.82) is 0 Å². The second-order valence-electron chi connectivity index (χ2n) is 8.50. The zero-order chi connectivity index (χ0) is 20.4. The van der Waals surface area contributed by atoms with Crippen LogP contribution in [0.2, 0.25) is 0 Å². The van der Waals surface area contributed by atoms with Crippen molar-refractivity contribution in [3.8, 4) is 11.1 Å². The van der Waals surface area contributed by atoms with Gasteiger partial charge in [0, 0.05) is 40.5 Å². The van der Waals surface area contributed by atoms with Crippen LogP contribution in [0.5, 0.6) is 0 Å². The number of aromatic nitrogens is 1. The normalized spacial score (nSPS) is 15.0. The zero-order valence-electron chi connectivity index (χ0n) is 17.1. The minimum Gasteiger partial charge on any atom is -0.398 e. The molecule has 0 spiro atoms. The van der Waals surface area contributed by atoms with Gasteiger partial charge >= 0.3 is 0 Å². The van der Waals surface area contributed by atoms with E-state index >= 15 is 0 Å². The summed E-state index contributed by atoms with van der Waals surface area (Å²) in [6, 6.07) is 15.5. The highest BCUT2D eigenvalue weighted by Gasteiger charge is 2.25. The molecule has 5 heteroatoms. The molecule has 5 nitrogen and oxygen atoms in total. The first-order valence-electron chi connectivity index (χ1n) is 10.2. The quantitative estimate of drug-likeness (QED) is 0.691. The Morgan fingerprint density at radius 2 is 1.83 bits per heavy atom. The molecule has 2 heterocycles. The Balaban J connectivity index is 1.52. The molecule has 0 saturated carbocycles. The number of benzene rings is 2. The van der Waals surface area contributed by atoms with E-state index in [1.807, 2.05) is 48.5 Å². The average Bonchev–Trinajstić information content (AvgIpc) is 3.20. The van der Waals surface area contributed by atoms with Crippen molar-refractivity contribution in [3.63, 3.8) is 0 Å². The predicted molar refractivity (Wildman–Crippen MR) is 119 cm³/mol. The van der Waals surface area contributed by atoms with Crippen LogP contribution in [0, 0.1) is 0 Å². The molecule has 1 amide bonds. The number of para-hydroxylation sites is 1. The Labute approximate surface area is 171 Å². The molecule has 0 aliphatic carbocycles. The van der Waals surface area contributed by atoms with Gasteiger partial charge in [-0.3, -0.25) is 9.78 Å². The van der Waals surface area contributed by atoms with Crippen LogP contribution in [0.3, 0.4) is 0 Å². The molecule has 0 atom stereocenters. The highest BCUT2D eigenvalue weighted by molar-refractivity contribution is 6.00. The fraction of sp³-hybridized carbons (Fsp3) is 0.333. The first kappa shape index (κ1) is 19.4. The van der Waals surface area contributed by atoms with Gasteiger partial charge in [0.2, 0.25) is 0 Å². The van der Waals surface area contributed by atoms with Crippen LogP contribution in [0.25, 0.3) is 22.0 Å². The molecule has 0 unspecified atom stereocenters. The highest BCUT2D eigenvalue weighted by Crippen LogP contribution is 2.30. The van der Waals surface area contributed by atoms with Crippen LogP contribution in [0.1, 0.15) is 37.0 Å². The summed E-state index contributed by atoms with van der Waals surface area (Å²) < 4.78 is 0. The first-order valence-corrected chi connectivity index (χ1v) is 10.2. The second kappa shape index (κ2) is 7.84. The van der Waals surface area contributed by atoms with Crippen LogP contribution in [0.15, 0.2) is 54.7 Å². The van der Waals surface area contributed by atoms with Crippen molar-refractivity contribution in [1.82, 2.24) is 15.2 Å². The standard InChI is InChI=1S/C24H28N4O/c1-24(2,16-28-14-3-4-15-28)27-23(29)18-10-8-17(9-11-18)19-6-5-7-20-21(25)12-13-26-22(19)20/h5-13H,3-4,14-16H2,1-2H3,(H2,25,26)(H,27,29). The Morgan fingerprint density at radius 3 is 2.55 bits per heavy atom. The van der Waals surface area contributed by atoms with Gasteiger partial charge in [-0.1, -0.05) is 30.3 Å². The summed E-state index contributed by atoms with van der Waals surface area (Å²) in [5, 5.41) is 4.13. The van der Waals surface area contributed by atoms with Crippen LogP contribution in [-0.2, 0) is 0 Å². The molecule has 1 fully saturated rings. The molecule has 2 aromatic carbocycles. The summed E-state index contributed by atoms with van der Waals surface area (Å²) in [6.45, 7) is 7.29. The summed E-state index contributed by atoms with van der Waals surface area (Å²) in [6.07, 6.45) is 4.23. The minimum atomic E-state index is -0.267. The van der Waals surface area contributed by atoms with Gasteiger partial charge in [0.05, 0.1) is 5.52 Å². The number of carbonyl (C=O) groups excluding carboxylic acids is 1. The molecule has 1 aliphatic heterocycles. The minimum absolute atomic E-state index is 0.0407.